The minimum Gasteiger partial charge on any atom is -0.372 e. The molecule has 0 bridgehead atoms. The van der Waals surface area contributed by atoms with Gasteiger partial charge in [-0.1, -0.05) is 60.7 Å². The molecule has 16 heavy (non-hydrogen) atoms. The highest BCUT2D eigenvalue weighted by Gasteiger charge is 2.35. The van der Waals surface area contributed by atoms with Gasteiger partial charge in [0.05, 0.1) is 18.6 Å². The van der Waals surface area contributed by atoms with Crippen LogP contribution in [0.15, 0.2) is 60.7 Å². The second-order valence-electron chi connectivity index (χ2n) is 3.97. The molecule has 79 valence electrons. The second-order valence-corrected chi connectivity index (χ2v) is 3.97. The highest BCUT2D eigenvalue weighted by atomic mass is 16.6. The molecule has 0 saturated carbocycles. The normalized spacial score (nSPS) is 18.7. The average molecular weight is 209 g/mol. The maximum absolute atomic E-state index is 5.44. The first kappa shape index (κ1) is 9.61. The van der Waals surface area contributed by atoms with Crippen molar-refractivity contribution in [1.82, 2.24) is 0 Å². The molecule has 1 radical (unpaired) electrons. The summed E-state index contributed by atoms with van der Waals surface area (Å²) < 4.78 is 5.44. The lowest BCUT2D eigenvalue weighted by molar-refractivity contribution is 0.422. The van der Waals surface area contributed by atoms with Crippen LogP contribution in [0.4, 0.5) is 0 Å². The third-order valence-electron chi connectivity index (χ3n) is 2.82. The van der Waals surface area contributed by atoms with Crippen LogP contribution in [0.3, 0.4) is 0 Å². The predicted octanol–water partition coefficient (Wildman–Crippen LogP) is 3.06. The summed E-state index contributed by atoms with van der Waals surface area (Å²) in [5.74, 6) is 1.31. The Morgan fingerprint density at radius 1 is 0.812 bits per heavy atom. The monoisotopic (exact) mass is 209 g/mol. The topological polar surface area (TPSA) is 12.5 Å². The maximum atomic E-state index is 5.44. The largest absolute Gasteiger partial charge is 0.372 e. The van der Waals surface area contributed by atoms with Crippen LogP contribution in [0.2, 0.25) is 0 Å². The molecule has 2 aromatic carbocycles. The zero-order valence-corrected chi connectivity index (χ0v) is 8.97. The van der Waals surface area contributed by atoms with Crippen LogP contribution >= 0.6 is 0 Å². The lowest BCUT2D eigenvalue weighted by Gasteiger charge is -2.14. The fourth-order valence-electron chi connectivity index (χ4n) is 1.99. The Morgan fingerprint density at radius 2 is 1.25 bits per heavy atom. The summed E-state index contributed by atoms with van der Waals surface area (Å²) in [5, 5.41) is 0. The van der Waals surface area contributed by atoms with E-state index in [0.717, 1.165) is 6.61 Å². The van der Waals surface area contributed by atoms with Gasteiger partial charge >= 0.3 is 0 Å². The van der Waals surface area contributed by atoms with E-state index in [1.807, 2.05) is 12.1 Å². The van der Waals surface area contributed by atoms with Crippen molar-refractivity contribution in [3.63, 3.8) is 0 Å². The van der Waals surface area contributed by atoms with Crippen molar-refractivity contribution >= 4 is 0 Å². The van der Waals surface area contributed by atoms with Gasteiger partial charge in [0.15, 0.2) is 0 Å². The van der Waals surface area contributed by atoms with Crippen LogP contribution in [0.25, 0.3) is 0 Å². The quantitative estimate of drug-likeness (QED) is 0.708. The van der Waals surface area contributed by atoms with Crippen molar-refractivity contribution in [1.29, 1.82) is 0 Å². The molecule has 0 amide bonds. The SMILES string of the molecule is c1ccc([C](c2ccccc2)C2CO2)cc1. The lowest BCUT2D eigenvalue weighted by Crippen LogP contribution is -2.08. The zero-order valence-electron chi connectivity index (χ0n) is 8.97. The van der Waals surface area contributed by atoms with Crippen molar-refractivity contribution in [3.05, 3.63) is 77.7 Å². The molecule has 1 heteroatoms. The molecule has 0 spiro atoms. The number of ether oxygens (including phenoxy) is 1. The number of hydrogen-bond acceptors (Lipinski definition) is 1. The first-order chi connectivity index (χ1) is 7.95. The van der Waals surface area contributed by atoms with E-state index in [1.54, 1.807) is 0 Å². The van der Waals surface area contributed by atoms with E-state index in [0.29, 0.717) is 0 Å². The molecule has 0 aromatic heterocycles. The molecule has 1 aliphatic rings. The van der Waals surface area contributed by atoms with E-state index in [-0.39, 0.29) is 6.10 Å². The summed E-state index contributed by atoms with van der Waals surface area (Å²) >= 11 is 0. The van der Waals surface area contributed by atoms with E-state index in [1.165, 1.54) is 17.0 Å². The van der Waals surface area contributed by atoms with Gasteiger partial charge in [-0.05, 0) is 11.1 Å². The van der Waals surface area contributed by atoms with Crippen molar-refractivity contribution in [2.75, 3.05) is 6.61 Å². The summed E-state index contributed by atoms with van der Waals surface area (Å²) in [5.41, 5.74) is 2.52. The van der Waals surface area contributed by atoms with Gasteiger partial charge in [-0.15, -0.1) is 0 Å². The van der Waals surface area contributed by atoms with Gasteiger partial charge in [0.25, 0.3) is 0 Å². The Balaban J connectivity index is 1.99. The van der Waals surface area contributed by atoms with Crippen LogP contribution < -0.4 is 0 Å². The van der Waals surface area contributed by atoms with Crippen LogP contribution in [0, 0.1) is 5.92 Å². The minimum absolute atomic E-state index is 0.282. The molecule has 1 fully saturated rings. The molecule has 1 saturated heterocycles. The van der Waals surface area contributed by atoms with Gasteiger partial charge in [0, 0.05) is 0 Å². The molecule has 1 nitrogen and oxygen atoms in total. The van der Waals surface area contributed by atoms with E-state index >= 15 is 0 Å². The second kappa shape index (κ2) is 4.11. The molecular weight excluding hydrogens is 196 g/mol. The van der Waals surface area contributed by atoms with Crippen LogP contribution in [0.1, 0.15) is 11.1 Å². The fourth-order valence-corrected chi connectivity index (χ4v) is 1.99. The molecule has 0 N–H and O–H groups in total. The molecule has 1 aliphatic heterocycles. The summed E-state index contributed by atoms with van der Waals surface area (Å²) in [7, 11) is 0. The maximum Gasteiger partial charge on any atom is 0.0959 e. The Bertz CT molecular complexity index is 406. The first-order valence-electron chi connectivity index (χ1n) is 5.54. The van der Waals surface area contributed by atoms with Gasteiger partial charge in [-0.25, -0.2) is 0 Å². The molecular formula is C15H13O. The Labute approximate surface area is 95.7 Å². The van der Waals surface area contributed by atoms with Crippen LogP contribution in [0.5, 0.6) is 0 Å². The smallest absolute Gasteiger partial charge is 0.0959 e. The Hall–Kier alpha value is -1.60. The Kier molecular flexibility index (Phi) is 2.47. The van der Waals surface area contributed by atoms with E-state index in [2.05, 4.69) is 48.5 Å². The van der Waals surface area contributed by atoms with Crippen molar-refractivity contribution in [2.45, 2.75) is 6.10 Å². The summed E-state index contributed by atoms with van der Waals surface area (Å²) in [6, 6.07) is 20.9. The summed E-state index contributed by atoms with van der Waals surface area (Å²) in [4.78, 5) is 0. The lowest BCUT2D eigenvalue weighted by atomic mass is 9.89. The fraction of sp³-hybridized carbons (Fsp3) is 0.133. The highest BCUT2D eigenvalue weighted by molar-refractivity contribution is 5.48. The Morgan fingerprint density at radius 3 is 1.62 bits per heavy atom. The third-order valence-corrected chi connectivity index (χ3v) is 2.82. The van der Waals surface area contributed by atoms with Crippen LogP contribution in [-0.2, 0) is 4.74 Å². The number of rotatable bonds is 3. The predicted molar refractivity (Wildman–Crippen MR) is 64.1 cm³/mol. The van der Waals surface area contributed by atoms with Crippen molar-refractivity contribution in [2.24, 2.45) is 0 Å². The van der Waals surface area contributed by atoms with Gasteiger partial charge in [-0.3, -0.25) is 0 Å². The van der Waals surface area contributed by atoms with Gasteiger partial charge in [-0.2, -0.15) is 0 Å². The zero-order chi connectivity index (χ0) is 10.8. The first-order valence-corrected chi connectivity index (χ1v) is 5.54. The molecule has 1 heterocycles. The number of benzene rings is 2. The van der Waals surface area contributed by atoms with Crippen molar-refractivity contribution in [3.8, 4) is 0 Å². The summed E-state index contributed by atoms with van der Waals surface area (Å²) in [6.45, 7) is 0.846. The van der Waals surface area contributed by atoms with E-state index in [4.69, 9.17) is 4.74 Å². The third kappa shape index (κ3) is 1.86. The molecule has 0 aliphatic carbocycles. The van der Waals surface area contributed by atoms with E-state index < -0.39 is 0 Å². The molecule has 1 atom stereocenters. The summed E-state index contributed by atoms with van der Waals surface area (Å²) in [6.07, 6.45) is 0.282. The number of hydrogen-bond donors (Lipinski definition) is 0. The molecule has 2 aromatic rings. The molecule has 3 rings (SSSR count). The highest BCUT2D eigenvalue weighted by Crippen LogP contribution is 2.34. The van der Waals surface area contributed by atoms with Gasteiger partial charge < -0.3 is 4.74 Å². The van der Waals surface area contributed by atoms with Crippen LogP contribution in [-0.4, -0.2) is 12.7 Å². The molecule has 1 unspecified atom stereocenters. The minimum atomic E-state index is 0.282. The van der Waals surface area contributed by atoms with Gasteiger partial charge in [0.1, 0.15) is 0 Å². The standard InChI is InChI=1S/C15H13O/c1-3-7-12(8-4-1)15(14-11-16-14)13-9-5-2-6-10-13/h1-10,14H,11H2. The number of epoxide rings is 1. The average Bonchev–Trinajstić information content (AvgIpc) is 3.17. The van der Waals surface area contributed by atoms with Crippen molar-refractivity contribution < 1.29 is 4.74 Å². The van der Waals surface area contributed by atoms with E-state index in [9.17, 15) is 0 Å². The van der Waals surface area contributed by atoms with Gasteiger partial charge in [0.2, 0.25) is 0 Å².